The zero-order chi connectivity index (χ0) is 19.8. The molecular formula is C18H23N3O4S2. The van der Waals surface area contributed by atoms with Crippen LogP contribution >= 0.6 is 11.3 Å². The van der Waals surface area contributed by atoms with Gasteiger partial charge in [0.15, 0.2) is 5.13 Å². The molecule has 0 bridgehead atoms. The van der Waals surface area contributed by atoms with Gasteiger partial charge in [0.25, 0.3) is 5.91 Å². The summed E-state index contributed by atoms with van der Waals surface area (Å²) in [5.41, 5.74) is 1.14. The molecule has 7 nitrogen and oxygen atoms in total. The highest BCUT2D eigenvalue weighted by molar-refractivity contribution is 7.89. The van der Waals surface area contributed by atoms with Gasteiger partial charge in [-0.3, -0.25) is 10.1 Å². The SMILES string of the molecule is Cc1nc(NC(=O)c2cccc(S(=O)(=O)N3CC(C)OC(C)C3)c2)sc1C. The number of hydrogen-bond donors (Lipinski definition) is 1. The van der Waals surface area contributed by atoms with Crippen LogP contribution in [0.15, 0.2) is 29.2 Å². The van der Waals surface area contributed by atoms with Crippen molar-refractivity contribution in [3.8, 4) is 0 Å². The van der Waals surface area contributed by atoms with Crippen molar-refractivity contribution in [2.24, 2.45) is 0 Å². The molecule has 2 atom stereocenters. The highest BCUT2D eigenvalue weighted by Gasteiger charge is 2.32. The van der Waals surface area contributed by atoms with E-state index in [0.717, 1.165) is 10.6 Å². The lowest BCUT2D eigenvalue weighted by Crippen LogP contribution is -2.48. The van der Waals surface area contributed by atoms with Gasteiger partial charge in [0.2, 0.25) is 10.0 Å². The summed E-state index contributed by atoms with van der Waals surface area (Å²) in [5, 5.41) is 3.23. The van der Waals surface area contributed by atoms with Crippen LogP contribution in [0.3, 0.4) is 0 Å². The van der Waals surface area contributed by atoms with E-state index in [4.69, 9.17) is 4.74 Å². The van der Waals surface area contributed by atoms with Gasteiger partial charge in [-0.15, -0.1) is 11.3 Å². The van der Waals surface area contributed by atoms with Gasteiger partial charge < -0.3 is 4.74 Å². The first-order valence-electron chi connectivity index (χ1n) is 8.68. The molecule has 2 unspecified atom stereocenters. The van der Waals surface area contributed by atoms with Gasteiger partial charge in [0.05, 0.1) is 22.8 Å². The van der Waals surface area contributed by atoms with Crippen molar-refractivity contribution < 1.29 is 17.9 Å². The average Bonchev–Trinajstić information content (AvgIpc) is 2.91. The normalized spacial score (nSPS) is 21.2. The predicted molar refractivity (Wildman–Crippen MR) is 105 cm³/mol. The minimum atomic E-state index is -3.70. The number of nitrogens with one attached hydrogen (secondary N) is 1. The molecule has 3 rings (SSSR count). The maximum Gasteiger partial charge on any atom is 0.257 e. The largest absolute Gasteiger partial charge is 0.373 e. The number of amides is 1. The van der Waals surface area contributed by atoms with Gasteiger partial charge in [-0.05, 0) is 45.9 Å². The van der Waals surface area contributed by atoms with Crippen LogP contribution in [0.1, 0.15) is 34.8 Å². The fourth-order valence-electron chi connectivity index (χ4n) is 2.97. The Morgan fingerprint density at radius 3 is 2.52 bits per heavy atom. The molecule has 0 radical (unpaired) electrons. The smallest absolute Gasteiger partial charge is 0.257 e. The van der Waals surface area contributed by atoms with Crippen molar-refractivity contribution in [1.82, 2.24) is 9.29 Å². The van der Waals surface area contributed by atoms with E-state index in [1.807, 2.05) is 27.7 Å². The van der Waals surface area contributed by atoms with Crippen molar-refractivity contribution in [3.63, 3.8) is 0 Å². The quantitative estimate of drug-likeness (QED) is 0.839. The van der Waals surface area contributed by atoms with Crippen molar-refractivity contribution in [2.45, 2.75) is 44.8 Å². The number of hydrogen-bond acceptors (Lipinski definition) is 6. The maximum atomic E-state index is 13.0. The van der Waals surface area contributed by atoms with Crippen LogP contribution in [-0.4, -0.2) is 48.9 Å². The second-order valence-electron chi connectivity index (χ2n) is 6.72. The molecule has 0 spiro atoms. The lowest BCUT2D eigenvalue weighted by atomic mass is 10.2. The minimum Gasteiger partial charge on any atom is -0.373 e. The molecule has 1 aliphatic heterocycles. The maximum absolute atomic E-state index is 13.0. The molecule has 1 saturated heterocycles. The number of carbonyl (C=O) groups is 1. The third-order valence-electron chi connectivity index (χ3n) is 4.37. The topological polar surface area (TPSA) is 88.6 Å². The summed E-state index contributed by atoms with van der Waals surface area (Å²) in [6.45, 7) is 8.08. The van der Waals surface area contributed by atoms with Crippen LogP contribution in [0, 0.1) is 13.8 Å². The van der Waals surface area contributed by atoms with E-state index in [1.165, 1.54) is 27.8 Å². The molecule has 27 heavy (non-hydrogen) atoms. The third kappa shape index (κ3) is 4.37. The third-order valence-corrected chi connectivity index (χ3v) is 7.19. The van der Waals surface area contributed by atoms with E-state index in [0.29, 0.717) is 18.2 Å². The number of carbonyl (C=O) groups excluding carboxylic acids is 1. The summed E-state index contributed by atoms with van der Waals surface area (Å²) in [7, 11) is -3.70. The summed E-state index contributed by atoms with van der Waals surface area (Å²) in [6.07, 6.45) is -0.349. The first-order chi connectivity index (χ1) is 12.7. The zero-order valence-corrected chi connectivity index (χ0v) is 17.4. The Bertz CT molecular complexity index is 926. The molecule has 1 amide bonds. The Hall–Kier alpha value is -1.81. The van der Waals surface area contributed by atoms with Gasteiger partial charge in [0.1, 0.15) is 0 Å². The number of ether oxygens (including phenoxy) is 1. The van der Waals surface area contributed by atoms with Crippen LogP contribution < -0.4 is 5.32 Å². The van der Waals surface area contributed by atoms with Crippen LogP contribution in [0.4, 0.5) is 5.13 Å². The standard InChI is InChI=1S/C18H23N3O4S2/c1-11-9-21(10-12(2)25-11)27(23,24)16-7-5-6-15(8-16)17(22)20-18-19-13(3)14(4)26-18/h5-8,11-12H,9-10H2,1-4H3,(H,19,20,22). The molecule has 0 saturated carbocycles. The number of thiazole rings is 1. The van der Waals surface area contributed by atoms with E-state index in [1.54, 1.807) is 12.1 Å². The highest BCUT2D eigenvalue weighted by atomic mass is 32.2. The predicted octanol–water partition coefficient (Wildman–Crippen LogP) is 2.81. The monoisotopic (exact) mass is 409 g/mol. The van der Waals surface area contributed by atoms with Gasteiger partial charge in [0, 0.05) is 23.5 Å². The minimum absolute atomic E-state index is 0.1000. The summed E-state index contributed by atoms with van der Waals surface area (Å²) in [4.78, 5) is 17.9. The molecule has 1 N–H and O–H groups in total. The first kappa shape index (κ1) is 19.9. The summed E-state index contributed by atoms with van der Waals surface area (Å²) < 4.78 is 33.0. The van der Waals surface area contributed by atoms with E-state index >= 15 is 0 Å². The second kappa shape index (κ2) is 7.67. The van der Waals surface area contributed by atoms with Gasteiger partial charge in [-0.1, -0.05) is 6.07 Å². The van der Waals surface area contributed by atoms with Crippen LogP contribution in [-0.2, 0) is 14.8 Å². The van der Waals surface area contributed by atoms with Crippen LogP contribution in [0.2, 0.25) is 0 Å². The number of benzene rings is 1. The summed E-state index contributed by atoms with van der Waals surface area (Å²) >= 11 is 1.39. The Morgan fingerprint density at radius 2 is 1.93 bits per heavy atom. The molecule has 9 heteroatoms. The van der Waals surface area contributed by atoms with Gasteiger partial charge >= 0.3 is 0 Å². The molecule has 1 aromatic carbocycles. The number of aromatic nitrogens is 1. The molecule has 1 fully saturated rings. The fraction of sp³-hybridized carbons (Fsp3) is 0.444. The molecule has 1 aromatic heterocycles. The number of anilines is 1. The zero-order valence-electron chi connectivity index (χ0n) is 15.7. The van der Waals surface area contributed by atoms with Crippen molar-refractivity contribution in [2.75, 3.05) is 18.4 Å². The van der Waals surface area contributed by atoms with Crippen LogP contribution in [0.5, 0.6) is 0 Å². The Balaban J connectivity index is 1.83. The molecule has 1 aliphatic rings. The average molecular weight is 410 g/mol. The van der Waals surface area contributed by atoms with E-state index in [-0.39, 0.29) is 28.6 Å². The second-order valence-corrected chi connectivity index (χ2v) is 9.86. The Kier molecular flexibility index (Phi) is 5.66. The summed E-state index contributed by atoms with van der Waals surface area (Å²) in [6, 6.07) is 6.08. The number of nitrogens with zero attached hydrogens (tertiary/aromatic N) is 2. The lowest BCUT2D eigenvalue weighted by molar-refractivity contribution is -0.0440. The van der Waals surface area contributed by atoms with Crippen molar-refractivity contribution >= 4 is 32.4 Å². The van der Waals surface area contributed by atoms with E-state index < -0.39 is 10.0 Å². The molecule has 146 valence electrons. The van der Waals surface area contributed by atoms with Crippen molar-refractivity contribution in [1.29, 1.82) is 0 Å². The molecular weight excluding hydrogens is 386 g/mol. The number of rotatable bonds is 4. The van der Waals surface area contributed by atoms with Gasteiger partial charge in [-0.25, -0.2) is 13.4 Å². The number of morpholine rings is 1. The summed E-state index contributed by atoms with van der Waals surface area (Å²) in [5.74, 6) is -0.385. The molecule has 2 aromatic rings. The van der Waals surface area contributed by atoms with E-state index in [2.05, 4.69) is 10.3 Å². The van der Waals surface area contributed by atoms with E-state index in [9.17, 15) is 13.2 Å². The number of sulfonamides is 1. The van der Waals surface area contributed by atoms with Crippen LogP contribution in [0.25, 0.3) is 0 Å². The molecule has 0 aliphatic carbocycles. The molecule has 2 heterocycles. The Morgan fingerprint density at radius 1 is 1.26 bits per heavy atom. The Labute approximate surface area is 163 Å². The highest BCUT2D eigenvalue weighted by Crippen LogP contribution is 2.24. The number of aryl methyl sites for hydroxylation is 2. The lowest BCUT2D eigenvalue weighted by Gasteiger charge is -2.34. The van der Waals surface area contributed by atoms with Gasteiger partial charge in [-0.2, -0.15) is 4.31 Å². The first-order valence-corrected chi connectivity index (χ1v) is 10.9. The fourth-order valence-corrected chi connectivity index (χ4v) is 5.42. The van der Waals surface area contributed by atoms with Crippen molar-refractivity contribution in [3.05, 3.63) is 40.4 Å².